The van der Waals surface area contributed by atoms with Crippen LogP contribution in [0.2, 0.25) is 0 Å². The standard InChI is InChI=1S/C11H11F4NO/c1-3-17-6(2)8-4-7(12)5-9(10(8)16)11(13,14)15/h4-5H,2-3,16H2,1H3. The van der Waals surface area contributed by atoms with Crippen molar-refractivity contribution >= 4 is 11.4 Å². The summed E-state index contributed by atoms with van der Waals surface area (Å²) in [6, 6.07) is 1.21. The first kappa shape index (κ1) is 13.3. The van der Waals surface area contributed by atoms with E-state index < -0.39 is 23.2 Å². The van der Waals surface area contributed by atoms with Crippen LogP contribution in [0, 0.1) is 5.82 Å². The van der Waals surface area contributed by atoms with E-state index in [0.717, 1.165) is 6.07 Å². The topological polar surface area (TPSA) is 35.2 Å². The number of rotatable bonds is 3. The van der Waals surface area contributed by atoms with Gasteiger partial charge in [-0.3, -0.25) is 0 Å². The Balaban J connectivity index is 3.34. The molecule has 0 spiro atoms. The highest BCUT2D eigenvalue weighted by Crippen LogP contribution is 2.37. The van der Waals surface area contributed by atoms with Crippen LogP contribution in [0.5, 0.6) is 0 Å². The number of halogens is 4. The van der Waals surface area contributed by atoms with Crippen LogP contribution in [0.15, 0.2) is 18.7 Å². The Bertz CT molecular complexity index is 440. The summed E-state index contributed by atoms with van der Waals surface area (Å²) >= 11 is 0. The molecular formula is C11H11F4NO. The Kier molecular flexibility index (Phi) is 3.65. The molecular weight excluding hydrogens is 238 g/mol. The van der Waals surface area contributed by atoms with E-state index in [9.17, 15) is 17.6 Å². The molecule has 0 heterocycles. The maximum Gasteiger partial charge on any atom is 0.418 e. The summed E-state index contributed by atoms with van der Waals surface area (Å²) in [7, 11) is 0. The smallest absolute Gasteiger partial charge is 0.418 e. The van der Waals surface area contributed by atoms with Crippen LogP contribution in [0.25, 0.3) is 5.76 Å². The normalized spacial score (nSPS) is 11.4. The highest BCUT2D eigenvalue weighted by molar-refractivity contribution is 5.72. The number of ether oxygens (including phenoxy) is 1. The van der Waals surface area contributed by atoms with E-state index >= 15 is 0 Å². The zero-order valence-corrected chi connectivity index (χ0v) is 9.07. The van der Waals surface area contributed by atoms with Crippen LogP contribution in [0.1, 0.15) is 18.1 Å². The van der Waals surface area contributed by atoms with Crippen LogP contribution in [-0.2, 0) is 10.9 Å². The van der Waals surface area contributed by atoms with Gasteiger partial charge in [0.15, 0.2) is 0 Å². The largest absolute Gasteiger partial charge is 0.494 e. The minimum atomic E-state index is -4.71. The molecule has 0 radical (unpaired) electrons. The fraction of sp³-hybridized carbons (Fsp3) is 0.273. The van der Waals surface area contributed by atoms with Crippen LogP contribution in [0.4, 0.5) is 23.2 Å². The molecule has 0 unspecified atom stereocenters. The molecule has 0 amide bonds. The molecule has 0 fully saturated rings. The van der Waals surface area contributed by atoms with Crippen molar-refractivity contribution in [3.63, 3.8) is 0 Å². The molecule has 17 heavy (non-hydrogen) atoms. The summed E-state index contributed by atoms with van der Waals surface area (Å²) in [6.07, 6.45) is -4.71. The minimum Gasteiger partial charge on any atom is -0.494 e. The number of nitrogen functional groups attached to an aromatic ring is 1. The summed E-state index contributed by atoms with van der Waals surface area (Å²) in [6.45, 7) is 5.24. The quantitative estimate of drug-likeness (QED) is 0.506. The third-order valence-electron chi connectivity index (χ3n) is 2.07. The molecule has 0 aliphatic rings. The first-order valence-corrected chi connectivity index (χ1v) is 4.75. The van der Waals surface area contributed by atoms with Gasteiger partial charge in [-0.25, -0.2) is 4.39 Å². The molecule has 2 nitrogen and oxygen atoms in total. The first-order chi connectivity index (χ1) is 7.77. The van der Waals surface area contributed by atoms with Crippen LogP contribution in [-0.4, -0.2) is 6.61 Å². The third kappa shape index (κ3) is 2.89. The minimum absolute atomic E-state index is 0.0880. The average Bonchev–Trinajstić information content (AvgIpc) is 2.19. The van der Waals surface area contributed by atoms with Crippen molar-refractivity contribution in [2.75, 3.05) is 12.3 Å². The Hall–Kier alpha value is -1.72. The zero-order valence-electron chi connectivity index (χ0n) is 9.07. The Morgan fingerprint density at radius 1 is 1.41 bits per heavy atom. The maximum atomic E-state index is 13.1. The second-order valence-electron chi connectivity index (χ2n) is 3.27. The summed E-state index contributed by atoms with van der Waals surface area (Å²) < 4.78 is 55.6. The molecule has 1 aromatic rings. The molecule has 0 aliphatic carbocycles. The SMILES string of the molecule is C=C(OCC)c1cc(F)cc(C(F)(F)F)c1N. The fourth-order valence-electron chi connectivity index (χ4n) is 1.34. The number of hydrogen-bond acceptors (Lipinski definition) is 2. The fourth-order valence-corrected chi connectivity index (χ4v) is 1.34. The van der Waals surface area contributed by atoms with Gasteiger partial charge in [0.1, 0.15) is 11.6 Å². The monoisotopic (exact) mass is 249 g/mol. The predicted molar refractivity (Wildman–Crippen MR) is 56.5 cm³/mol. The first-order valence-electron chi connectivity index (χ1n) is 4.75. The van der Waals surface area contributed by atoms with Gasteiger partial charge in [-0.05, 0) is 19.1 Å². The van der Waals surface area contributed by atoms with Gasteiger partial charge < -0.3 is 10.5 Å². The summed E-state index contributed by atoms with van der Waals surface area (Å²) in [5.41, 5.74) is 3.35. The molecule has 0 bridgehead atoms. The Morgan fingerprint density at radius 3 is 2.47 bits per heavy atom. The van der Waals surface area contributed by atoms with Crippen molar-refractivity contribution < 1.29 is 22.3 Å². The molecule has 1 aromatic carbocycles. The van der Waals surface area contributed by atoms with Crippen LogP contribution in [0.3, 0.4) is 0 Å². The lowest BCUT2D eigenvalue weighted by Gasteiger charge is -2.15. The van der Waals surface area contributed by atoms with Crippen LogP contribution >= 0.6 is 0 Å². The molecule has 94 valence electrons. The van der Waals surface area contributed by atoms with Crippen molar-refractivity contribution in [1.82, 2.24) is 0 Å². The van der Waals surface area contributed by atoms with Gasteiger partial charge in [-0.15, -0.1) is 0 Å². The summed E-state index contributed by atoms with van der Waals surface area (Å²) in [5, 5.41) is 0. The number of alkyl halides is 3. The molecule has 0 aliphatic heterocycles. The summed E-state index contributed by atoms with van der Waals surface area (Å²) in [4.78, 5) is 0. The number of anilines is 1. The molecule has 0 atom stereocenters. The van der Waals surface area contributed by atoms with Crippen molar-refractivity contribution in [2.24, 2.45) is 0 Å². The van der Waals surface area contributed by atoms with Gasteiger partial charge in [-0.2, -0.15) is 13.2 Å². The van der Waals surface area contributed by atoms with Gasteiger partial charge >= 0.3 is 6.18 Å². The van der Waals surface area contributed by atoms with Gasteiger partial charge in [0, 0.05) is 5.56 Å². The second-order valence-corrected chi connectivity index (χ2v) is 3.27. The van der Waals surface area contributed by atoms with Crippen molar-refractivity contribution in [2.45, 2.75) is 13.1 Å². The molecule has 0 saturated heterocycles. The number of hydrogen-bond donors (Lipinski definition) is 1. The van der Waals surface area contributed by atoms with E-state index in [1.807, 2.05) is 0 Å². The lowest BCUT2D eigenvalue weighted by molar-refractivity contribution is -0.137. The zero-order chi connectivity index (χ0) is 13.2. The van der Waals surface area contributed by atoms with E-state index in [1.54, 1.807) is 6.92 Å². The Morgan fingerprint density at radius 2 is 2.00 bits per heavy atom. The van der Waals surface area contributed by atoms with Crippen LogP contribution < -0.4 is 5.73 Å². The van der Waals surface area contributed by atoms with E-state index in [1.165, 1.54) is 0 Å². The molecule has 0 aromatic heterocycles. The van der Waals surface area contributed by atoms with E-state index in [4.69, 9.17) is 10.5 Å². The van der Waals surface area contributed by atoms with E-state index in [0.29, 0.717) is 6.07 Å². The van der Waals surface area contributed by atoms with Gasteiger partial charge in [0.25, 0.3) is 0 Å². The molecule has 2 N–H and O–H groups in total. The molecule has 0 saturated carbocycles. The number of nitrogens with two attached hydrogens (primary N) is 1. The molecule has 1 rings (SSSR count). The van der Waals surface area contributed by atoms with E-state index in [-0.39, 0.29) is 17.9 Å². The Labute approximate surface area is 95.7 Å². The molecule has 6 heteroatoms. The van der Waals surface area contributed by atoms with Crippen molar-refractivity contribution in [3.8, 4) is 0 Å². The highest BCUT2D eigenvalue weighted by atomic mass is 19.4. The van der Waals surface area contributed by atoms with Crippen molar-refractivity contribution in [1.29, 1.82) is 0 Å². The second kappa shape index (κ2) is 4.65. The van der Waals surface area contributed by atoms with Gasteiger partial charge in [-0.1, -0.05) is 6.58 Å². The maximum absolute atomic E-state index is 13.1. The van der Waals surface area contributed by atoms with Crippen molar-refractivity contribution in [3.05, 3.63) is 35.7 Å². The van der Waals surface area contributed by atoms with Gasteiger partial charge in [0.05, 0.1) is 17.9 Å². The lowest BCUT2D eigenvalue weighted by atomic mass is 10.1. The summed E-state index contributed by atoms with van der Waals surface area (Å²) in [5.74, 6) is -1.13. The van der Waals surface area contributed by atoms with E-state index in [2.05, 4.69) is 6.58 Å². The third-order valence-corrected chi connectivity index (χ3v) is 2.07. The van der Waals surface area contributed by atoms with Gasteiger partial charge in [0.2, 0.25) is 0 Å². The highest BCUT2D eigenvalue weighted by Gasteiger charge is 2.34. The number of benzene rings is 1. The lowest BCUT2D eigenvalue weighted by Crippen LogP contribution is -2.12. The predicted octanol–water partition coefficient (Wildman–Crippen LogP) is 3.43. The average molecular weight is 249 g/mol.